The van der Waals surface area contributed by atoms with Gasteiger partial charge < -0.3 is 79.2 Å². The molecule has 0 spiro atoms. The fourth-order valence-corrected chi connectivity index (χ4v) is 5.92. The molecule has 2 saturated heterocycles. The van der Waals surface area contributed by atoms with E-state index in [0.717, 1.165) is 30.3 Å². The van der Waals surface area contributed by atoms with Crippen LogP contribution < -0.4 is 10.2 Å². The molecule has 0 unspecified atom stereocenters. The van der Waals surface area contributed by atoms with Crippen molar-refractivity contribution in [2.75, 3.05) is 6.61 Å². The summed E-state index contributed by atoms with van der Waals surface area (Å²) in [6.45, 7) is 0.763. The number of aliphatic hydroxyl groups excluding tert-OH is 5. The zero-order valence-corrected chi connectivity index (χ0v) is 28.1. The number of carbonyl (C=O) groups is 1. The van der Waals surface area contributed by atoms with Gasteiger partial charge in [0, 0.05) is 23.8 Å². The Morgan fingerprint density at radius 3 is 2.17 bits per heavy atom. The molecule has 2 aliphatic rings. The van der Waals surface area contributed by atoms with Gasteiger partial charge in [0.05, 0.1) is 6.10 Å². The summed E-state index contributed by atoms with van der Waals surface area (Å²) in [5.74, 6) is -4.13. The van der Waals surface area contributed by atoms with Crippen molar-refractivity contribution in [3.8, 4) is 45.8 Å². The molecule has 6 rings (SSSR count). The number of rotatable bonds is 9. The number of phenolic OH excluding ortho intramolecular Hbond substituents is 5. The second-order valence-electron chi connectivity index (χ2n) is 12.6. The van der Waals surface area contributed by atoms with Crippen molar-refractivity contribution in [2.45, 2.75) is 68.3 Å². The van der Waals surface area contributed by atoms with E-state index in [1.807, 2.05) is 0 Å². The lowest BCUT2D eigenvalue weighted by molar-refractivity contribution is -0.349. The summed E-state index contributed by atoms with van der Waals surface area (Å²) in [6, 6.07) is 11.2. The Labute approximate surface area is 304 Å². The van der Waals surface area contributed by atoms with Gasteiger partial charge in [-0.3, -0.25) is 4.79 Å². The van der Waals surface area contributed by atoms with Gasteiger partial charge in [0.2, 0.25) is 17.5 Å². The van der Waals surface area contributed by atoms with Crippen LogP contribution in [-0.2, 0) is 23.7 Å². The van der Waals surface area contributed by atoms with Crippen LogP contribution in [0.15, 0.2) is 69.9 Å². The van der Waals surface area contributed by atoms with Crippen molar-refractivity contribution >= 4 is 23.0 Å². The Hall–Kier alpha value is -5.44. The lowest BCUT2D eigenvalue weighted by atomic mass is 9.97. The van der Waals surface area contributed by atoms with Crippen LogP contribution in [0.1, 0.15) is 12.5 Å². The van der Waals surface area contributed by atoms with Crippen LogP contribution in [0, 0.1) is 0 Å². The molecule has 0 bridgehead atoms. The quantitative estimate of drug-likeness (QED) is 0.0623. The highest BCUT2D eigenvalue weighted by molar-refractivity contribution is 5.88. The predicted molar refractivity (Wildman–Crippen MR) is 181 cm³/mol. The SMILES string of the molecule is C[C@@H]1O[C@H](Oc2c(-c3ccc(O)c(O)c3)oc3cc(O)cc(O)c3c2=O)[C@H](O)[C@H](O)[C@H]1O[C@@H]1O[C@H](COC(=O)/C=C/c2ccc(O)cc2)[C@@H](O)[C@H](O)[C@H]1O. The lowest BCUT2D eigenvalue weighted by Crippen LogP contribution is -2.64. The van der Waals surface area contributed by atoms with Crippen molar-refractivity contribution in [3.63, 3.8) is 0 Å². The maximum atomic E-state index is 13.7. The van der Waals surface area contributed by atoms with Crippen molar-refractivity contribution in [1.29, 1.82) is 0 Å². The van der Waals surface area contributed by atoms with Gasteiger partial charge in [0.15, 0.2) is 23.5 Å². The average molecular weight is 757 g/mol. The first-order valence-electron chi connectivity index (χ1n) is 16.3. The fourth-order valence-electron chi connectivity index (χ4n) is 5.92. The summed E-state index contributed by atoms with van der Waals surface area (Å²) in [5.41, 5.74) is -0.764. The molecular weight excluding hydrogens is 720 g/mol. The van der Waals surface area contributed by atoms with E-state index in [1.54, 1.807) is 12.1 Å². The first-order chi connectivity index (χ1) is 25.6. The Kier molecular flexibility index (Phi) is 11.0. The van der Waals surface area contributed by atoms with Crippen LogP contribution in [0.3, 0.4) is 0 Å². The fraction of sp³-hybridized carbons (Fsp3) is 0.333. The number of aliphatic hydroxyl groups is 5. The summed E-state index contributed by atoms with van der Waals surface area (Å²) < 4.78 is 33.8. The Balaban J connectivity index is 1.18. The third-order valence-corrected chi connectivity index (χ3v) is 8.82. The molecule has 0 aliphatic carbocycles. The predicted octanol–water partition coefficient (Wildman–Crippen LogP) is 0.283. The van der Waals surface area contributed by atoms with Crippen LogP contribution in [0.5, 0.6) is 34.5 Å². The molecule has 2 aliphatic heterocycles. The second kappa shape index (κ2) is 15.5. The summed E-state index contributed by atoms with van der Waals surface area (Å²) in [7, 11) is 0. The van der Waals surface area contributed by atoms with E-state index in [-0.39, 0.29) is 16.9 Å². The zero-order valence-electron chi connectivity index (χ0n) is 28.1. The van der Waals surface area contributed by atoms with Crippen LogP contribution in [0.2, 0.25) is 0 Å². The minimum Gasteiger partial charge on any atom is -0.508 e. The first kappa shape index (κ1) is 38.3. The molecule has 18 heteroatoms. The molecule has 4 aromatic rings. The normalized spacial score (nSPS) is 28.6. The highest BCUT2D eigenvalue weighted by Gasteiger charge is 2.50. The van der Waals surface area contributed by atoms with Crippen LogP contribution in [0.4, 0.5) is 0 Å². The highest BCUT2D eigenvalue weighted by Crippen LogP contribution is 2.40. The first-order valence-corrected chi connectivity index (χ1v) is 16.3. The molecule has 0 radical (unpaired) electrons. The summed E-state index contributed by atoms with van der Waals surface area (Å²) in [6.07, 6.45) is -14.7. The van der Waals surface area contributed by atoms with Gasteiger partial charge in [0.25, 0.3) is 0 Å². The van der Waals surface area contributed by atoms with Gasteiger partial charge in [-0.1, -0.05) is 12.1 Å². The van der Waals surface area contributed by atoms with E-state index in [9.17, 15) is 60.7 Å². The number of aromatic hydroxyl groups is 5. The van der Waals surface area contributed by atoms with Gasteiger partial charge in [-0.05, 0) is 48.9 Å². The summed E-state index contributed by atoms with van der Waals surface area (Å²) >= 11 is 0. The number of hydrogen-bond donors (Lipinski definition) is 10. The molecule has 3 heterocycles. The van der Waals surface area contributed by atoms with E-state index in [4.69, 9.17) is 28.1 Å². The van der Waals surface area contributed by atoms with Gasteiger partial charge >= 0.3 is 5.97 Å². The number of esters is 1. The number of carbonyl (C=O) groups excluding carboxylic acids is 1. The minimum absolute atomic E-state index is 0.0278. The van der Waals surface area contributed by atoms with Crippen LogP contribution in [-0.4, -0.2) is 125 Å². The maximum Gasteiger partial charge on any atom is 0.330 e. The van der Waals surface area contributed by atoms with Crippen molar-refractivity contribution in [2.24, 2.45) is 0 Å². The Morgan fingerprint density at radius 2 is 1.46 bits per heavy atom. The zero-order chi connectivity index (χ0) is 39.0. The van der Waals surface area contributed by atoms with Gasteiger partial charge in [-0.25, -0.2) is 4.79 Å². The molecule has 3 aromatic carbocycles. The van der Waals surface area contributed by atoms with Crippen molar-refractivity contribution < 1.29 is 84.0 Å². The maximum absolute atomic E-state index is 13.7. The van der Waals surface area contributed by atoms with Gasteiger partial charge in [-0.2, -0.15) is 0 Å². The summed E-state index contributed by atoms with van der Waals surface area (Å²) in [4.78, 5) is 26.0. The smallest absolute Gasteiger partial charge is 0.330 e. The molecule has 54 heavy (non-hydrogen) atoms. The highest BCUT2D eigenvalue weighted by atomic mass is 16.7. The number of ether oxygens (including phenoxy) is 5. The minimum atomic E-state index is -2.00. The summed E-state index contributed by atoms with van der Waals surface area (Å²) in [5, 5.41) is 103. The molecule has 1 aromatic heterocycles. The molecular formula is C36H36O18. The van der Waals surface area contributed by atoms with Crippen LogP contribution in [0.25, 0.3) is 28.4 Å². The second-order valence-corrected chi connectivity index (χ2v) is 12.6. The molecule has 0 saturated carbocycles. The largest absolute Gasteiger partial charge is 0.508 e. The third kappa shape index (κ3) is 7.77. The number of fused-ring (bicyclic) bond motifs is 1. The number of hydrogen-bond acceptors (Lipinski definition) is 18. The number of phenols is 5. The lowest BCUT2D eigenvalue weighted by Gasteiger charge is -2.45. The molecule has 0 amide bonds. The van der Waals surface area contributed by atoms with E-state index < -0.39 is 119 Å². The van der Waals surface area contributed by atoms with E-state index >= 15 is 0 Å². The van der Waals surface area contributed by atoms with E-state index in [2.05, 4.69) is 0 Å². The molecule has 10 N–H and O–H groups in total. The topological polar surface area (TPSA) is 296 Å². The van der Waals surface area contributed by atoms with Crippen molar-refractivity contribution in [1.82, 2.24) is 0 Å². The van der Waals surface area contributed by atoms with Crippen LogP contribution >= 0.6 is 0 Å². The van der Waals surface area contributed by atoms with Gasteiger partial charge in [0.1, 0.15) is 77.6 Å². The third-order valence-electron chi connectivity index (χ3n) is 8.82. The molecule has 2 fully saturated rings. The standard InChI is InChI=1S/C36H36O18/c1-14-32(53-36-30(47)28(45)26(43)23(52-36)13-49-24(42)9-4-15-2-6-17(37)7-3-15)29(46)31(48)35(50-14)54-34-27(44)25-21(41)11-18(38)12-22(25)51-33(34)16-5-8-19(39)20(40)10-16/h2-12,14,23,26,28-32,35-41,43,45-48H,13H2,1H3/b9-4+/t14-,23+,26+,28-,29-,30+,31+,32-,35+,36-/m0/s1. The van der Waals surface area contributed by atoms with Gasteiger partial charge in [-0.15, -0.1) is 0 Å². The molecule has 10 atom stereocenters. The molecule has 18 nitrogen and oxygen atoms in total. The Morgan fingerprint density at radius 1 is 0.759 bits per heavy atom. The Bertz CT molecular complexity index is 2080. The van der Waals surface area contributed by atoms with E-state index in [0.29, 0.717) is 5.56 Å². The monoisotopic (exact) mass is 756 g/mol. The van der Waals surface area contributed by atoms with E-state index in [1.165, 1.54) is 31.2 Å². The number of benzene rings is 3. The average Bonchev–Trinajstić information content (AvgIpc) is 3.13. The van der Waals surface area contributed by atoms with Crippen molar-refractivity contribution in [3.05, 3.63) is 76.5 Å². The molecule has 288 valence electrons.